The molecule has 0 atom stereocenters. The van der Waals surface area contributed by atoms with Crippen LogP contribution in [-0.4, -0.2) is 26.4 Å². The summed E-state index contributed by atoms with van der Waals surface area (Å²) >= 11 is 0. The van der Waals surface area contributed by atoms with Crippen molar-refractivity contribution in [3.8, 4) is 17.2 Å². The summed E-state index contributed by atoms with van der Waals surface area (Å²) in [4.78, 5) is 4.26. The van der Waals surface area contributed by atoms with E-state index in [2.05, 4.69) is 15.6 Å². The summed E-state index contributed by atoms with van der Waals surface area (Å²) in [7, 11) is 1.75. The summed E-state index contributed by atoms with van der Waals surface area (Å²) in [5, 5.41) is 6.61. The van der Waals surface area contributed by atoms with Crippen LogP contribution in [0.4, 0.5) is 0 Å². The number of ether oxygens (including phenoxy) is 3. The van der Waals surface area contributed by atoms with E-state index in [0.717, 1.165) is 34.3 Å². The van der Waals surface area contributed by atoms with Crippen LogP contribution in [0.25, 0.3) is 0 Å². The van der Waals surface area contributed by atoms with Crippen LogP contribution < -0.4 is 24.8 Å². The first-order valence-corrected chi connectivity index (χ1v) is 8.34. The van der Waals surface area contributed by atoms with Crippen molar-refractivity contribution in [2.24, 2.45) is 4.99 Å². The van der Waals surface area contributed by atoms with E-state index >= 15 is 0 Å². The summed E-state index contributed by atoms with van der Waals surface area (Å²) in [6, 6.07) is 13.9. The number of benzene rings is 2. The van der Waals surface area contributed by atoms with Gasteiger partial charge in [-0.3, -0.25) is 4.99 Å². The van der Waals surface area contributed by atoms with Gasteiger partial charge in [-0.15, -0.1) is 0 Å². The Morgan fingerprint density at radius 3 is 2.72 bits per heavy atom. The van der Waals surface area contributed by atoms with E-state index in [1.54, 1.807) is 7.05 Å². The molecular weight excluding hydrogens is 318 g/mol. The van der Waals surface area contributed by atoms with Crippen molar-refractivity contribution in [3.05, 3.63) is 53.6 Å². The van der Waals surface area contributed by atoms with Crippen molar-refractivity contribution in [1.29, 1.82) is 0 Å². The fourth-order valence-corrected chi connectivity index (χ4v) is 2.58. The third kappa shape index (κ3) is 4.35. The Bertz CT molecular complexity index is 746. The maximum absolute atomic E-state index is 5.65. The number of hydrogen-bond acceptors (Lipinski definition) is 4. The fraction of sp³-hybridized carbons (Fsp3) is 0.316. The molecular formula is C19H23N3O3. The van der Waals surface area contributed by atoms with Gasteiger partial charge in [-0.25, -0.2) is 0 Å². The van der Waals surface area contributed by atoms with Gasteiger partial charge in [0.15, 0.2) is 17.5 Å². The lowest BCUT2D eigenvalue weighted by Gasteiger charge is -2.14. The number of guanidine groups is 1. The number of aliphatic imine (C=N–C) groups is 1. The van der Waals surface area contributed by atoms with Crippen LogP contribution in [0.2, 0.25) is 0 Å². The molecule has 2 aromatic rings. The van der Waals surface area contributed by atoms with Crippen LogP contribution in [0.5, 0.6) is 17.2 Å². The molecule has 1 heterocycles. The Morgan fingerprint density at radius 2 is 1.88 bits per heavy atom. The van der Waals surface area contributed by atoms with Gasteiger partial charge in [-0.1, -0.05) is 24.3 Å². The minimum atomic E-state index is 0.286. The Balaban J connectivity index is 1.55. The van der Waals surface area contributed by atoms with Crippen molar-refractivity contribution in [2.45, 2.75) is 20.0 Å². The molecule has 0 bridgehead atoms. The van der Waals surface area contributed by atoms with Crippen LogP contribution in [0.1, 0.15) is 18.1 Å². The number of nitrogens with zero attached hydrogens (tertiary/aromatic N) is 1. The molecule has 1 aliphatic rings. The highest BCUT2D eigenvalue weighted by molar-refractivity contribution is 5.79. The van der Waals surface area contributed by atoms with E-state index in [-0.39, 0.29) is 6.79 Å². The van der Waals surface area contributed by atoms with Gasteiger partial charge in [0.05, 0.1) is 6.61 Å². The van der Waals surface area contributed by atoms with Crippen LogP contribution >= 0.6 is 0 Å². The van der Waals surface area contributed by atoms with Gasteiger partial charge in [0.25, 0.3) is 0 Å². The van der Waals surface area contributed by atoms with Gasteiger partial charge in [-0.05, 0) is 30.7 Å². The van der Waals surface area contributed by atoms with Gasteiger partial charge in [0, 0.05) is 25.7 Å². The molecule has 0 spiro atoms. The van der Waals surface area contributed by atoms with Crippen LogP contribution in [0.15, 0.2) is 47.5 Å². The highest BCUT2D eigenvalue weighted by atomic mass is 16.7. The van der Waals surface area contributed by atoms with Crippen LogP contribution in [0.3, 0.4) is 0 Å². The van der Waals surface area contributed by atoms with E-state index in [1.807, 2.05) is 49.4 Å². The lowest BCUT2D eigenvalue weighted by molar-refractivity contribution is 0.174. The molecule has 3 rings (SSSR count). The predicted octanol–water partition coefficient (Wildman–Crippen LogP) is 2.68. The molecule has 0 unspecified atom stereocenters. The summed E-state index contributed by atoms with van der Waals surface area (Å²) < 4.78 is 16.4. The summed E-state index contributed by atoms with van der Waals surface area (Å²) in [5.41, 5.74) is 2.19. The first kappa shape index (κ1) is 17.0. The SMILES string of the molecule is CCOc1ccccc1CNC(=NC)NCc1ccc2c(c1)OCO2. The molecule has 6 heteroatoms. The van der Waals surface area contributed by atoms with Gasteiger partial charge >= 0.3 is 0 Å². The average molecular weight is 341 g/mol. The quantitative estimate of drug-likeness (QED) is 0.625. The number of rotatable bonds is 6. The lowest BCUT2D eigenvalue weighted by atomic mass is 10.2. The standard InChI is InChI=1S/C19H23N3O3/c1-3-23-16-7-5-4-6-15(16)12-22-19(20-2)21-11-14-8-9-17-18(10-14)25-13-24-17/h4-10H,3,11-13H2,1-2H3,(H2,20,21,22). The van der Waals surface area contributed by atoms with Crippen molar-refractivity contribution in [2.75, 3.05) is 20.4 Å². The monoisotopic (exact) mass is 341 g/mol. The zero-order valence-corrected chi connectivity index (χ0v) is 14.5. The molecule has 0 saturated heterocycles. The molecule has 1 aliphatic heterocycles. The normalized spacial score (nSPS) is 12.8. The van der Waals surface area contributed by atoms with Crippen LogP contribution in [-0.2, 0) is 13.1 Å². The molecule has 132 valence electrons. The lowest BCUT2D eigenvalue weighted by Crippen LogP contribution is -2.36. The Morgan fingerprint density at radius 1 is 1.08 bits per heavy atom. The maximum atomic E-state index is 5.65. The van der Waals surface area contributed by atoms with Crippen molar-refractivity contribution in [3.63, 3.8) is 0 Å². The second-order valence-electron chi connectivity index (χ2n) is 5.51. The van der Waals surface area contributed by atoms with Crippen LogP contribution in [0, 0.1) is 0 Å². The fourth-order valence-electron chi connectivity index (χ4n) is 2.58. The van der Waals surface area contributed by atoms with E-state index in [4.69, 9.17) is 14.2 Å². The molecule has 0 aliphatic carbocycles. The second kappa shape index (κ2) is 8.28. The molecule has 0 radical (unpaired) electrons. The third-order valence-corrected chi connectivity index (χ3v) is 3.84. The molecule has 2 aromatic carbocycles. The third-order valence-electron chi connectivity index (χ3n) is 3.84. The Labute approximate surface area is 147 Å². The highest BCUT2D eigenvalue weighted by Crippen LogP contribution is 2.32. The summed E-state index contributed by atoms with van der Waals surface area (Å²) in [6.45, 7) is 4.19. The van der Waals surface area contributed by atoms with Crippen molar-refractivity contribution >= 4 is 5.96 Å². The minimum Gasteiger partial charge on any atom is -0.494 e. The Kier molecular flexibility index (Phi) is 5.61. The van der Waals surface area contributed by atoms with Gasteiger partial charge in [0.1, 0.15) is 5.75 Å². The Hall–Kier alpha value is -2.89. The highest BCUT2D eigenvalue weighted by Gasteiger charge is 2.13. The number of nitrogens with one attached hydrogen (secondary N) is 2. The maximum Gasteiger partial charge on any atom is 0.231 e. The van der Waals surface area contributed by atoms with E-state index in [1.165, 1.54) is 0 Å². The number of para-hydroxylation sites is 1. The van der Waals surface area contributed by atoms with Gasteiger partial charge in [-0.2, -0.15) is 0 Å². The molecule has 0 fully saturated rings. The zero-order chi connectivity index (χ0) is 17.5. The summed E-state index contributed by atoms with van der Waals surface area (Å²) in [5.74, 6) is 3.19. The molecule has 6 nitrogen and oxygen atoms in total. The number of fused-ring (bicyclic) bond motifs is 1. The molecule has 0 saturated carbocycles. The average Bonchev–Trinajstić information content (AvgIpc) is 3.11. The smallest absolute Gasteiger partial charge is 0.231 e. The molecule has 25 heavy (non-hydrogen) atoms. The molecule has 0 aromatic heterocycles. The van der Waals surface area contributed by atoms with Gasteiger partial charge < -0.3 is 24.8 Å². The topological polar surface area (TPSA) is 64.1 Å². The van der Waals surface area contributed by atoms with Gasteiger partial charge in [0.2, 0.25) is 6.79 Å². The predicted molar refractivity (Wildman–Crippen MR) is 97.2 cm³/mol. The first-order valence-electron chi connectivity index (χ1n) is 8.34. The molecule has 0 amide bonds. The minimum absolute atomic E-state index is 0.286. The number of hydrogen-bond donors (Lipinski definition) is 2. The van der Waals surface area contributed by atoms with E-state index in [0.29, 0.717) is 19.7 Å². The second-order valence-corrected chi connectivity index (χ2v) is 5.51. The largest absolute Gasteiger partial charge is 0.494 e. The molecule has 2 N–H and O–H groups in total. The first-order chi connectivity index (χ1) is 12.3. The van der Waals surface area contributed by atoms with E-state index < -0.39 is 0 Å². The van der Waals surface area contributed by atoms with Crippen molar-refractivity contribution in [1.82, 2.24) is 10.6 Å². The van der Waals surface area contributed by atoms with E-state index in [9.17, 15) is 0 Å². The van der Waals surface area contributed by atoms with Crippen molar-refractivity contribution < 1.29 is 14.2 Å². The summed E-state index contributed by atoms with van der Waals surface area (Å²) in [6.07, 6.45) is 0. The zero-order valence-electron chi connectivity index (χ0n) is 14.5.